The molecule has 3 amide bonds. The van der Waals surface area contributed by atoms with Crippen LogP contribution in [0.1, 0.15) is 29.3 Å². The fraction of sp³-hybridized carbons (Fsp3) is 0.179. The number of pyridine rings is 1. The predicted octanol–water partition coefficient (Wildman–Crippen LogP) is 4.02. The number of nitrogens with zero attached hydrogens (tertiary/aromatic N) is 2. The third-order valence-electron chi connectivity index (χ3n) is 6.51. The fourth-order valence-corrected chi connectivity index (χ4v) is 5.04. The van der Waals surface area contributed by atoms with Crippen LogP contribution in [0.4, 0.5) is 5.13 Å². The minimum atomic E-state index is -0.659. The number of carbonyl (C=O) groups excluding carboxylic acids is 3. The highest BCUT2D eigenvalue weighted by Gasteiger charge is 2.39. The van der Waals surface area contributed by atoms with Gasteiger partial charge in [-0.15, -0.1) is 11.3 Å². The normalized spacial score (nSPS) is 16.7. The lowest BCUT2D eigenvalue weighted by Gasteiger charge is -2.21. The summed E-state index contributed by atoms with van der Waals surface area (Å²) in [6, 6.07) is 18.9. The average molecular weight is 512 g/mol. The number of anilines is 1. The van der Waals surface area contributed by atoms with Gasteiger partial charge in [-0.1, -0.05) is 30.3 Å². The van der Waals surface area contributed by atoms with Gasteiger partial charge in [0.25, 0.3) is 5.91 Å². The molecule has 37 heavy (non-hydrogen) atoms. The molecule has 1 atom stereocenters. The van der Waals surface area contributed by atoms with Gasteiger partial charge in [0.1, 0.15) is 0 Å². The second-order valence-electron chi connectivity index (χ2n) is 9.00. The molecule has 5 rings (SSSR count). The van der Waals surface area contributed by atoms with Crippen molar-refractivity contribution in [1.82, 2.24) is 20.6 Å². The number of hydrogen-bond donors (Lipinski definition) is 3. The van der Waals surface area contributed by atoms with Gasteiger partial charge in [-0.3, -0.25) is 19.4 Å². The van der Waals surface area contributed by atoms with Crippen molar-refractivity contribution in [2.45, 2.75) is 18.8 Å². The highest BCUT2D eigenvalue weighted by atomic mass is 32.1. The number of amides is 3. The maximum atomic E-state index is 12.7. The molecule has 3 heterocycles. The molecule has 2 aromatic heterocycles. The molecule has 2 aromatic carbocycles. The van der Waals surface area contributed by atoms with Crippen LogP contribution in [0, 0.1) is 0 Å². The van der Waals surface area contributed by atoms with Gasteiger partial charge in [-0.2, -0.15) is 0 Å². The third kappa shape index (κ3) is 5.26. The smallest absolute Gasteiger partial charge is 0.251 e. The quantitative estimate of drug-likeness (QED) is 0.347. The number of carbonyl (C=O) groups is 3. The van der Waals surface area contributed by atoms with E-state index >= 15 is 0 Å². The van der Waals surface area contributed by atoms with Crippen LogP contribution in [0.25, 0.3) is 22.4 Å². The van der Waals surface area contributed by atoms with E-state index in [1.54, 1.807) is 30.6 Å². The van der Waals surface area contributed by atoms with Crippen LogP contribution in [0.15, 0.2) is 78.4 Å². The highest BCUT2D eigenvalue weighted by Crippen LogP contribution is 2.32. The number of aromatic nitrogens is 2. The Morgan fingerprint density at radius 1 is 1.03 bits per heavy atom. The van der Waals surface area contributed by atoms with Gasteiger partial charge in [0.2, 0.25) is 11.8 Å². The Bertz CT molecular complexity index is 1470. The Morgan fingerprint density at radius 2 is 1.81 bits per heavy atom. The summed E-state index contributed by atoms with van der Waals surface area (Å²) < 4.78 is 0. The molecule has 1 unspecified atom stereocenters. The SMILES string of the molecule is CC1(c2cccc(C(=O)NCC(=O)Nc3nc(-c4cccc(-c5ccncc5)c4)cs3)c2)CCNC1=O. The number of hydrogen-bond acceptors (Lipinski definition) is 6. The Morgan fingerprint density at radius 3 is 2.59 bits per heavy atom. The van der Waals surface area contributed by atoms with Gasteiger partial charge in [-0.05, 0) is 60.4 Å². The number of nitrogens with one attached hydrogen (secondary N) is 3. The van der Waals surface area contributed by atoms with E-state index in [1.165, 1.54) is 11.3 Å². The van der Waals surface area contributed by atoms with Crippen LogP contribution in [0.3, 0.4) is 0 Å². The molecular formula is C28H25N5O3S. The molecule has 8 nitrogen and oxygen atoms in total. The summed E-state index contributed by atoms with van der Waals surface area (Å²) in [4.78, 5) is 46.0. The van der Waals surface area contributed by atoms with Crippen molar-refractivity contribution < 1.29 is 14.4 Å². The highest BCUT2D eigenvalue weighted by molar-refractivity contribution is 7.14. The minimum absolute atomic E-state index is 0.0451. The van der Waals surface area contributed by atoms with Gasteiger partial charge in [-0.25, -0.2) is 4.98 Å². The third-order valence-corrected chi connectivity index (χ3v) is 7.26. The lowest BCUT2D eigenvalue weighted by Crippen LogP contribution is -2.34. The van der Waals surface area contributed by atoms with E-state index in [9.17, 15) is 14.4 Å². The molecule has 0 bridgehead atoms. The van der Waals surface area contributed by atoms with Crippen molar-refractivity contribution in [3.63, 3.8) is 0 Å². The van der Waals surface area contributed by atoms with Crippen LogP contribution in [-0.2, 0) is 15.0 Å². The minimum Gasteiger partial charge on any atom is -0.355 e. The molecule has 0 radical (unpaired) electrons. The van der Waals surface area contributed by atoms with Crippen LogP contribution in [0.2, 0.25) is 0 Å². The van der Waals surface area contributed by atoms with Crippen molar-refractivity contribution in [2.75, 3.05) is 18.4 Å². The first-order valence-corrected chi connectivity index (χ1v) is 12.7. The van der Waals surface area contributed by atoms with E-state index in [-0.39, 0.29) is 24.3 Å². The zero-order valence-corrected chi connectivity index (χ0v) is 21.0. The monoisotopic (exact) mass is 511 g/mol. The van der Waals surface area contributed by atoms with E-state index in [1.807, 2.05) is 54.8 Å². The zero-order valence-electron chi connectivity index (χ0n) is 20.2. The van der Waals surface area contributed by atoms with Gasteiger partial charge in [0.15, 0.2) is 5.13 Å². The standard InChI is InChI=1S/C28H25N5O3S/c1-28(10-13-30-26(28)36)22-7-3-6-21(15-22)25(35)31-16-24(34)33-27-32-23(17-37-27)20-5-2-4-19(14-20)18-8-11-29-12-9-18/h2-9,11-12,14-15,17H,10,13,16H2,1H3,(H,30,36)(H,31,35)(H,32,33,34). The summed E-state index contributed by atoms with van der Waals surface area (Å²) in [5.74, 6) is -0.804. The van der Waals surface area contributed by atoms with E-state index in [0.717, 1.165) is 27.9 Å². The van der Waals surface area contributed by atoms with Crippen molar-refractivity contribution in [2.24, 2.45) is 0 Å². The lowest BCUT2D eigenvalue weighted by molar-refractivity contribution is -0.123. The molecule has 3 N–H and O–H groups in total. The molecule has 186 valence electrons. The van der Waals surface area contributed by atoms with Crippen molar-refractivity contribution >= 4 is 34.2 Å². The summed E-state index contributed by atoms with van der Waals surface area (Å²) in [5, 5.41) is 10.6. The molecule has 0 saturated carbocycles. The first-order chi connectivity index (χ1) is 17.9. The molecule has 0 spiro atoms. The Kier molecular flexibility index (Phi) is 6.78. The first-order valence-electron chi connectivity index (χ1n) is 11.9. The van der Waals surface area contributed by atoms with Crippen molar-refractivity contribution in [3.05, 3.63) is 89.6 Å². The summed E-state index contributed by atoms with van der Waals surface area (Å²) in [6.07, 6.45) is 4.17. The van der Waals surface area contributed by atoms with Crippen LogP contribution < -0.4 is 16.0 Å². The second kappa shape index (κ2) is 10.3. The molecule has 0 aliphatic carbocycles. The van der Waals surface area contributed by atoms with Crippen molar-refractivity contribution in [1.29, 1.82) is 0 Å². The van der Waals surface area contributed by atoms with E-state index < -0.39 is 5.41 Å². The topological polar surface area (TPSA) is 113 Å². The Balaban J connectivity index is 1.19. The van der Waals surface area contributed by atoms with Crippen LogP contribution in [-0.4, -0.2) is 40.8 Å². The average Bonchev–Trinajstić information content (AvgIpc) is 3.54. The van der Waals surface area contributed by atoms with Crippen LogP contribution in [0.5, 0.6) is 0 Å². The van der Waals surface area contributed by atoms with Gasteiger partial charge < -0.3 is 16.0 Å². The molecule has 1 saturated heterocycles. The van der Waals surface area contributed by atoms with Crippen molar-refractivity contribution in [3.8, 4) is 22.4 Å². The van der Waals surface area contributed by atoms with Crippen LogP contribution >= 0.6 is 11.3 Å². The van der Waals surface area contributed by atoms with E-state index in [0.29, 0.717) is 23.7 Å². The van der Waals surface area contributed by atoms with E-state index in [2.05, 4.69) is 25.9 Å². The lowest BCUT2D eigenvalue weighted by atomic mass is 9.80. The zero-order chi connectivity index (χ0) is 25.8. The van der Waals surface area contributed by atoms with Gasteiger partial charge in [0.05, 0.1) is 17.7 Å². The Hall–Kier alpha value is -4.37. The fourth-order valence-electron chi connectivity index (χ4n) is 4.31. The molecular weight excluding hydrogens is 486 g/mol. The summed E-state index contributed by atoms with van der Waals surface area (Å²) in [6.45, 7) is 2.28. The largest absolute Gasteiger partial charge is 0.355 e. The first kappa shape index (κ1) is 24.3. The summed E-state index contributed by atoms with van der Waals surface area (Å²) in [5.41, 5.74) is 4.31. The van der Waals surface area contributed by atoms with Gasteiger partial charge >= 0.3 is 0 Å². The van der Waals surface area contributed by atoms with Gasteiger partial charge in [0, 0.05) is 35.4 Å². The maximum Gasteiger partial charge on any atom is 0.251 e. The second-order valence-corrected chi connectivity index (χ2v) is 9.86. The Labute approximate surface area is 218 Å². The van der Waals surface area contributed by atoms with E-state index in [4.69, 9.17) is 0 Å². The molecule has 1 fully saturated rings. The molecule has 1 aliphatic heterocycles. The molecule has 4 aromatic rings. The number of benzene rings is 2. The summed E-state index contributed by atoms with van der Waals surface area (Å²) >= 11 is 1.32. The maximum absolute atomic E-state index is 12.7. The predicted molar refractivity (Wildman–Crippen MR) is 143 cm³/mol. The summed E-state index contributed by atoms with van der Waals surface area (Å²) in [7, 11) is 0. The number of rotatable bonds is 7. The molecule has 9 heteroatoms. The molecule has 1 aliphatic rings. The number of thiazole rings is 1.